The Labute approximate surface area is 105 Å². The van der Waals surface area contributed by atoms with Crippen LogP contribution in [-0.4, -0.2) is 24.0 Å². The molecule has 5 nitrogen and oxygen atoms in total. The average molecular weight is 249 g/mol. The summed E-state index contributed by atoms with van der Waals surface area (Å²) in [6.07, 6.45) is 0. The van der Waals surface area contributed by atoms with Gasteiger partial charge in [0.15, 0.2) is 11.5 Å². The second-order valence-corrected chi connectivity index (χ2v) is 5.10. The van der Waals surface area contributed by atoms with Crippen LogP contribution in [0.5, 0.6) is 11.5 Å². The Bertz CT molecular complexity index is 502. The van der Waals surface area contributed by atoms with E-state index >= 15 is 0 Å². The van der Waals surface area contributed by atoms with Crippen LogP contribution in [0.4, 0.5) is 0 Å². The Balaban J connectivity index is 2.17. The lowest BCUT2D eigenvalue weighted by Crippen LogP contribution is -2.44. The van der Waals surface area contributed by atoms with Crippen molar-refractivity contribution in [1.29, 1.82) is 0 Å². The second-order valence-electron chi connectivity index (χ2n) is 5.10. The number of carbonyl (C=O) groups excluding carboxylic acids is 2. The summed E-state index contributed by atoms with van der Waals surface area (Å²) in [5, 5.41) is 2.62. The first-order valence-corrected chi connectivity index (χ1v) is 5.63. The van der Waals surface area contributed by atoms with Gasteiger partial charge in [-0.25, -0.2) is 0 Å². The van der Waals surface area contributed by atoms with Crippen molar-refractivity contribution in [2.45, 2.75) is 26.3 Å². The number of benzene rings is 1. The minimum absolute atomic E-state index is 0.140. The third kappa shape index (κ3) is 2.61. The fourth-order valence-electron chi connectivity index (χ4n) is 1.57. The van der Waals surface area contributed by atoms with E-state index in [0.29, 0.717) is 17.1 Å². The predicted octanol–water partition coefficient (Wildman–Crippen LogP) is 1.51. The largest absolute Gasteiger partial charge is 0.454 e. The van der Waals surface area contributed by atoms with Crippen molar-refractivity contribution in [2.24, 2.45) is 0 Å². The zero-order valence-electron chi connectivity index (χ0n) is 10.6. The molecule has 18 heavy (non-hydrogen) atoms. The topological polar surface area (TPSA) is 64.6 Å². The Morgan fingerprint density at radius 2 is 1.83 bits per heavy atom. The summed E-state index contributed by atoms with van der Waals surface area (Å²) in [5.41, 5.74) is -0.149. The van der Waals surface area contributed by atoms with Crippen LogP contribution in [0.3, 0.4) is 0 Å². The van der Waals surface area contributed by atoms with E-state index in [-0.39, 0.29) is 6.79 Å². The van der Waals surface area contributed by atoms with Gasteiger partial charge >= 0.3 is 0 Å². The number of carbonyl (C=O) groups is 2. The number of hydrogen-bond acceptors (Lipinski definition) is 4. The maximum atomic E-state index is 11.9. The number of nitrogens with one attached hydrogen (secondary N) is 1. The van der Waals surface area contributed by atoms with Gasteiger partial charge in [-0.3, -0.25) is 9.59 Å². The van der Waals surface area contributed by atoms with E-state index in [2.05, 4.69) is 5.32 Å². The van der Waals surface area contributed by atoms with Gasteiger partial charge in [-0.2, -0.15) is 0 Å². The van der Waals surface area contributed by atoms with E-state index in [1.54, 1.807) is 12.1 Å². The molecular formula is C13H15NO4. The van der Waals surface area contributed by atoms with Crippen molar-refractivity contribution in [1.82, 2.24) is 5.32 Å². The lowest BCUT2D eigenvalue weighted by molar-refractivity contribution is -0.118. The maximum Gasteiger partial charge on any atom is 0.292 e. The first kappa shape index (κ1) is 12.4. The molecule has 1 N–H and O–H groups in total. The highest BCUT2D eigenvalue weighted by atomic mass is 16.7. The van der Waals surface area contributed by atoms with Crippen LogP contribution >= 0.6 is 0 Å². The number of ether oxygens (including phenoxy) is 2. The normalized spacial score (nSPS) is 13.3. The van der Waals surface area contributed by atoms with Crippen molar-refractivity contribution in [3.63, 3.8) is 0 Å². The molecule has 0 aliphatic carbocycles. The van der Waals surface area contributed by atoms with E-state index in [4.69, 9.17) is 9.47 Å². The number of ketones is 1. The molecule has 0 radical (unpaired) electrons. The first-order valence-electron chi connectivity index (χ1n) is 5.63. The van der Waals surface area contributed by atoms with E-state index in [1.807, 2.05) is 20.8 Å². The smallest absolute Gasteiger partial charge is 0.292 e. The van der Waals surface area contributed by atoms with Crippen molar-refractivity contribution in [2.75, 3.05) is 6.79 Å². The van der Waals surface area contributed by atoms with Crippen LogP contribution in [0.1, 0.15) is 31.1 Å². The maximum absolute atomic E-state index is 11.9. The Morgan fingerprint density at radius 1 is 1.17 bits per heavy atom. The molecule has 1 aliphatic rings. The van der Waals surface area contributed by atoms with Crippen LogP contribution in [-0.2, 0) is 4.79 Å². The van der Waals surface area contributed by atoms with Gasteiger partial charge in [-0.15, -0.1) is 0 Å². The lowest BCUT2D eigenvalue weighted by atomic mass is 10.1. The van der Waals surface area contributed by atoms with Gasteiger partial charge in [0.2, 0.25) is 12.6 Å². The van der Waals surface area contributed by atoms with E-state index in [0.717, 1.165) is 0 Å². The Hall–Kier alpha value is -2.04. The van der Waals surface area contributed by atoms with E-state index in [1.165, 1.54) is 6.07 Å². The molecule has 1 aromatic carbocycles. The van der Waals surface area contributed by atoms with E-state index in [9.17, 15) is 9.59 Å². The minimum Gasteiger partial charge on any atom is -0.454 e. The molecule has 0 saturated heterocycles. The summed E-state index contributed by atoms with van der Waals surface area (Å²) >= 11 is 0. The number of hydrogen-bond donors (Lipinski definition) is 1. The number of amides is 1. The van der Waals surface area contributed by atoms with Crippen LogP contribution in [0.25, 0.3) is 0 Å². The molecule has 5 heteroatoms. The summed E-state index contributed by atoms with van der Waals surface area (Å²) in [5.74, 6) is -0.128. The monoisotopic (exact) mass is 249 g/mol. The number of Topliss-reactive ketones (excluding diaryl/α,β-unsaturated/α-hetero) is 1. The van der Waals surface area contributed by atoms with Crippen molar-refractivity contribution in [3.8, 4) is 11.5 Å². The van der Waals surface area contributed by atoms with Crippen LogP contribution < -0.4 is 14.8 Å². The average Bonchev–Trinajstić information content (AvgIpc) is 2.72. The molecule has 0 fully saturated rings. The third-order valence-electron chi connectivity index (χ3n) is 2.33. The highest BCUT2D eigenvalue weighted by Crippen LogP contribution is 2.32. The molecule has 1 amide bonds. The molecule has 0 atom stereocenters. The van der Waals surface area contributed by atoms with E-state index < -0.39 is 17.2 Å². The molecule has 1 heterocycles. The minimum atomic E-state index is -0.624. The molecule has 1 aromatic rings. The molecule has 0 bridgehead atoms. The van der Waals surface area contributed by atoms with Gasteiger partial charge in [0.25, 0.3) is 5.91 Å². The zero-order chi connectivity index (χ0) is 13.3. The highest BCUT2D eigenvalue weighted by Gasteiger charge is 2.23. The van der Waals surface area contributed by atoms with Crippen molar-refractivity contribution in [3.05, 3.63) is 23.8 Å². The number of rotatable bonds is 2. The summed E-state index contributed by atoms with van der Waals surface area (Å²) in [6, 6.07) is 4.70. The second kappa shape index (κ2) is 4.33. The van der Waals surface area contributed by atoms with Gasteiger partial charge in [0.1, 0.15) is 0 Å². The summed E-state index contributed by atoms with van der Waals surface area (Å²) in [4.78, 5) is 23.6. The quantitative estimate of drug-likeness (QED) is 0.637. The Morgan fingerprint density at radius 3 is 2.50 bits per heavy atom. The SMILES string of the molecule is CC(C)(C)NC(=O)C(=O)c1ccc2c(c1)OCO2. The molecular weight excluding hydrogens is 234 g/mol. The van der Waals surface area contributed by atoms with Gasteiger partial charge < -0.3 is 14.8 Å². The fraction of sp³-hybridized carbons (Fsp3) is 0.385. The zero-order valence-corrected chi connectivity index (χ0v) is 10.6. The summed E-state index contributed by atoms with van der Waals surface area (Å²) < 4.78 is 10.3. The number of fused-ring (bicyclic) bond motifs is 1. The molecule has 0 saturated carbocycles. The van der Waals surface area contributed by atoms with Gasteiger partial charge in [0, 0.05) is 11.1 Å². The molecule has 1 aliphatic heterocycles. The predicted molar refractivity (Wildman–Crippen MR) is 64.8 cm³/mol. The first-order chi connectivity index (χ1) is 8.37. The van der Waals surface area contributed by atoms with Gasteiger partial charge in [-0.1, -0.05) is 0 Å². The fourth-order valence-corrected chi connectivity index (χ4v) is 1.57. The van der Waals surface area contributed by atoms with Crippen LogP contribution in [0.15, 0.2) is 18.2 Å². The molecule has 96 valence electrons. The van der Waals surface area contributed by atoms with Crippen molar-refractivity contribution >= 4 is 11.7 Å². The van der Waals surface area contributed by atoms with Crippen LogP contribution in [0.2, 0.25) is 0 Å². The molecule has 0 spiro atoms. The van der Waals surface area contributed by atoms with Gasteiger partial charge in [0.05, 0.1) is 0 Å². The lowest BCUT2D eigenvalue weighted by Gasteiger charge is -2.19. The highest BCUT2D eigenvalue weighted by molar-refractivity contribution is 6.43. The Kier molecular flexibility index (Phi) is 2.98. The molecule has 0 unspecified atom stereocenters. The molecule has 2 rings (SSSR count). The summed E-state index contributed by atoms with van der Waals surface area (Å²) in [6.45, 7) is 5.59. The molecule has 0 aromatic heterocycles. The van der Waals surface area contributed by atoms with Crippen LogP contribution in [0, 0.1) is 0 Å². The third-order valence-corrected chi connectivity index (χ3v) is 2.33. The standard InChI is InChI=1S/C13H15NO4/c1-13(2,3)14-12(16)11(15)8-4-5-9-10(6-8)18-7-17-9/h4-6H,7H2,1-3H3,(H,14,16). The van der Waals surface area contributed by atoms with Gasteiger partial charge in [-0.05, 0) is 39.0 Å². The van der Waals surface area contributed by atoms with Crippen molar-refractivity contribution < 1.29 is 19.1 Å². The summed E-state index contributed by atoms with van der Waals surface area (Å²) in [7, 11) is 0.